The maximum absolute atomic E-state index is 5.83. The first-order valence-corrected chi connectivity index (χ1v) is 9.41. The fourth-order valence-electron chi connectivity index (χ4n) is 3.34. The lowest BCUT2D eigenvalue weighted by Gasteiger charge is -2.29. The van der Waals surface area contributed by atoms with E-state index in [1.54, 1.807) is 7.05 Å². The van der Waals surface area contributed by atoms with Crippen LogP contribution in [0.4, 0.5) is 0 Å². The molecule has 0 saturated carbocycles. The van der Waals surface area contributed by atoms with Crippen LogP contribution in [0.3, 0.4) is 0 Å². The molecule has 152 valence electrons. The number of aliphatic imine (C=N–C) groups is 1. The minimum absolute atomic E-state index is 0. The Bertz CT molecular complexity index is 658. The zero-order valence-corrected chi connectivity index (χ0v) is 19.1. The fraction of sp³-hybridized carbons (Fsp3) is 0.650. The van der Waals surface area contributed by atoms with Gasteiger partial charge in [0.05, 0.1) is 5.60 Å². The number of hydrogen-bond acceptors (Lipinski definition) is 4. The van der Waals surface area contributed by atoms with Gasteiger partial charge in [-0.3, -0.25) is 4.99 Å². The normalized spacial score (nSPS) is 22.1. The van der Waals surface area contributed by atoms with Crippen molar-refractivity contribution >= 4 is 29.9 Å². The van der Waals surface area contributed by atoms with Gasteiger partial charge in [0.15, 0.2) is 17.5 Å². The van der Waals surface area contributed by atoms with Gasteiger partial charge in [-0.25, -0.2) is 0 Å². The second kappa shape index (κ2) is 9.32. The lowest BCUT2D eigenvalue weighted by atomic mass is 9.84. The molecule has 1 saturated heterocycles. The first-order valence-electron chi connectivity index (χ1n) is 9.41. The molecule has 2 aliphatic rings. The van der Waals surface area contributed by atoms with Crippen molar-refractivity contribution in [1.29, 1.82) is 0 Å². The minimum Gasteiger partial charge on any atom is -0.486 e. The molecule has 1 aromatic rings. The van der Waals surface area contributed by atoms with E-state index in [0.29, 0.717) is 13.2 Å². The van der Waals surface area contributed by atoms with E-state index in [1.807, 2.05) is 6.07 Å². The third-order valence-corrected chi connectivity index (χ3v) is 5.18. The largest absolute Gasteiger partial charge is 0.486 e. The van der Waals surface area contributed by atoms with Gasteiger partial charge in [0, 0.05) is 32.2 Å². The predicted octanol–water partition coefficient (Wildman–Crippen LogP) is 3.09. The second-order valence-electron chi connectivity index (χ2n) is 7.92. The van der Waals surface area contributed by atoms with Crippen molar-refractivity contribution in [3.8, 4) is 11.5 Å². The highest BCUT2D eigenvalue weighted by Crippen LogP contribution is 2.34. The van der Waals surface area contributed by atoms with Crippen molar-refractivity contribution in [2.75, 3.05) is 40.0 Å². The van der Waals surface area contributed by atoms with Crippen LogP contribution in [-0.4, -0.2) is 51.5 Å². The number of fused-ring (bicyclic) bond motifs is 1. The van der Waals surface area contributed by atoms with Crippen molar-refractivity contribution < 1.29 is 14.2 Å². The molecule has 3 rings (SSSR count). The van der Waals surface area contributed by atoms with Crippen molar-refractivity contribution in [2.45, 2.75) is 44.6 Å². The van der Waals surface area contributed by atoms with Gasteiger partial charge >= 0.3 is 0 Å². The molecular formula is C20H32IN3O3. The summed E-state index contributed by atoms with van der Waals surface area (Å²) < 4.78 is 17.2. The third-order valence-electron chi connectivity index (χ3n) is 5.18. The first-order chi connectivity index (χ1) is 12.4. The summed E-state index contributed by atoms with van der Waals surface area (Å²) in [6, 6.07) is 6.19. The molecule has 0 spiro atoms. The number of guanidine groups is 1. The summed E-state index contributed by atoms with van der Waals surface area (Å²) in [5.41, 5.74) is 1.03. The molecule has 2 aliphatic heterocycles. The summed E-state index contributed by atoms with van der Waals surface area (Å²) in [4.78, 5) is 4.34. The summed E-state index contributed by atoms with van der Waals surface area (Å²) in [7, 11) is 1.80. The molecule has 0 aromatic heterocycles. The number of halogens is 1. The van der Waals surface area contributed by atoms with E-state index in [4.69, 9.17) is 14.2 Å². The zero-order valence-electron chi connectivity index (χ0n) is 16.8. The van der Waals surface area contributed by atoms with E-state index in [-0.39, 0.29) is 35.0 Å². The first kappa shape index (κ1) is 22.1. The van der Waals surface area contributed by atoms with Gasteiger partial charge in [0.1, 0.15) is 13.2 Å². The number of nitrogens with one attached hydrogen (secondary N) is 2. The van der Waals surface area contributed by atoms with Crippen LogP contribution in [-0.2, 0) is 10.2 Å². The van der Waals surface area contributed by atoms with Crippen LogP contribution in [0.25, 0.3) is 0 Å². The highest BCUT2D eigenvalue weighted by atomic mass is 127. The summed E-state index contributed by atoms with van der Waals surface area (Å²) in [5, 5.41) is 6.84. The topological polar surface area (TPSA) is 64.1 Å². The van der Waals surface area contributed by atoms with Crippen LogP contribution in [0.2, 0.25) is 0 Å². The summed E-state index contributed by atoms with van der Waals surface area (Å²) in [6.45, 7) is 10.1. The van der Waals surface area contributed by atoms with Gasteiger partial charge in [0.2, 0.25) is 0 Å². The van der Waals surface area contributed by atoms with E-state index < -0.39 is 0 Å². The molecule has 6 nitrogen and oxygen atoms in total. The van der Waals surface area contributed by atoms with Crippen LogP contribution >= 0.6 is 24.0 Å². The average molecular weight is 489 g/mol. The van der Waals surface area contributed by atoms with Gasteiger partial charge in [-0.15, -0.1) is 24.0 Å². The maximum Gasteiger partial charge on any atom is 0.191 e. The molecule has 0 radical (unpaired) electrons. The number of rotatable bonds is 5. The number of nitrogens with zero attached hydrogens (tertiary/aromatic N) is 1. The van der Waals surface area contributed by atoms with Gasteiger partial charge in [-0.2, -0.15) is 0 Å². The standard InChI is InChI=1S/C20H31N3O3.HI/c1-19(2,15-6-7-16-17(12-15)25-11-10-24-16)13-22-18(21-4)23-14-20(3)8-5-9-26-20;/h6-7,12H,5,8-11,13-14H2,1-4H3,(H2,21,22,23);1H. The van der Waals surface area contributed by atoms with E-state index in [9.17, 15) is 0 Å². The van der Waals surface area contributed by atoms with Crippen LogP contribution < -0.4 is 20.1 Å². The predicted molar refractivity (Wildman–Crippen MR) is 119 cm³/mol. The molecule has 2 heterocycles. The highest BCUT2D eigenvalue weighted by molar-refractivity contribution is 14.0. The molecule has 7 heteroatoms. The molecule has 1 unspecified atom stereocenters. The SMILES string of the molecule is CN=C(NCC1(C)CCCO1)NCC(C)(C)c1ccc2c(c1)OCCO2.I. The van der Waals surface area contributed by atoms with Crippen LogP contribution in [0.15, 0.2) is 23.2 Å². The molecule has 1 aromatic carbocycles. The van der Waals surface area contributed by atoms with Crippen molar-refractivity contribution in [1.82, 2.24) is 10.6 Å². The maximum atomic E-state index is 5.83. The molecule has 1 atom stereocenters. The smallest absolute Gasteiger partial charge is 0.191 e. The van der Waals surface area contributed by atoms with Crippen molar-refractivity contribution in [2.24, 2.45) is 4.99 Å². The van der Waals surface area contributed by atoms with Crippen molar-refractivity contribution in [3.63, 3.8) is 0 Å². The Morgan fingerprint density at radius 2 is 1.89 bits per heavy atom. The van der Waals surface area contributed by atoms with Gasteiger partial charge < -0.3 is 24.8 Å². The fourth-order valence-corrected chi connectivity index (χ4v) is 3.34. The summed E-state index contributed by atoms with van der Waals surface area (Å²) in [6.07, 6.45) is 2.21. The van der Waals surface area contributed by atoms with Crippen LogP contribution in [0, 0.1) is 0 Å². The average Bonchev–Trinajstić information content (AvgIpc) is 3.08. The monoisotopic (exact) mass is 489 g/mol. The van der Waals surface area contributed by atoms with Crippen LogP contribution in [0.1, 0.15) is 39.2 Å². The molecule has 0 amide bonds. The lowest BCUT2D eigenvalue weighted by molar-refractivity contribution is 0.0242. The minimum atomic E-state index is -0.0943. The number of hydrogen-bond donors (Lipinski definition) is 2. The Hall–Kier alpha value is -1.22. The summed E-state index contributed by atoms with van der Waals surface area (Å²) >= 11 is 0. The zero-order chi connectivity index (χ0) is 18.6. The molecule has 0 aliphatic carbocycles. The van der Waals surface area contributed by atoms with E-state index >= 15 is 0 Å². The van der Waals surface area contributed by atoms with E-state index in [2.05, 4.69) is 48.5 Å². The quantitative estimate of drug-likeness (QED) is 0.378. The van der Waals surface area contributed by atoms with Gasteiger partial charge in [-0.05, 0) is 37.5 Å². The van der Waals surface area contributed by atoms with Gasteiger partial charge in [0.25, 0.3) is 0 Å². The Balaban J connectivity index is 0.00000261. The molecule has 0 bridgehead atoms. The van der Waals surface area contributed by atoms with Gasteiger partial charge in [-0.1, -0.05) is 19.9 Å². The van der Waals surface area contributed by atoms with E-state index in [0.717, 1.165) is 50.0 Å². The second-order valence-corrected chi connectivity index (χ2v) is 7.92. The van der Waals surface area contributed by atoms with E-state index in [1.165, 1.54) is 5.56 Å². The Labute approximate surface area is 179 Å². The number of ether oxygens (including phenoxy) is 3. The molecular weight excluding hydrogens is 457 g/mol. The Kier molecular flexibility index (Phi) is 7.62. The highest BCUT2D eigenvalue weighted by Gasteiger charge is 2.30. The molecule has 27 heavy (non-hydrogen) atoms. The Morgan fingerprint density at radius 3 is 2.56 bits per heavy atom. The lowest BCUT2D eigenvalue weighted by Crippen LogP contribution is -2.48. The van der Waals surface area contributed by atoms with Crippen molar-refractivity contribution in [3.05, 3.63) is 23.8 Å². The third kappa shape index (κ3) is 5.63. The Morgan fingerprint density at radius 1 is 1.15 bits per heavy atom. The summed E-state index contributed by atoms with van der Waals surface area (Å²) in [5.74, 6) is 2.45. The molecule has 2 N–H and O–H groups in total. The number of benzene rings is 1. The molecule has 1 fully saturated rings. The van der Waals surface area contributed by atoms with Crippen LogP contribution in [0.5, 0.6) is 11.5 Å².